The average Bonchev–Trinajstić information content (AvgIpc) is 3.12. The van der Waals surface area contributed by atoms with E-state index in [1.54, 1.807) is 0 Å². The van der Waals surface area contributed by atoms with E-state index >= 15 is 0 Å². The quantitative estimate of drug-likeness (QED) is 0.0506. The first-order valence-corrected chi connectivity index (χ1v) is 23.1. The lowest BCUT2D eigenvalue weighted by Crippen LogP contribution is -2.29. The van der Waals surface area contributed by atoms with Gasteiger partial charge in [0.2, 0.25) is 0 Å². The molecule has 0 fully saturated rings. The van der Waals surface area contributed by atoms with Gasteiger partial charge in [0.15, 0.2) is 0 Å². The van der Waals surface area contributed by atoms with Crippen molar-refractivity contribution >= 4 is 6.47 Å². The molecule has 0 rings (SSSR count). The van der Waals surface area contributed by atoms with Gasteiger partial charge in [-0.25, -0.2) is 0 Å². The number of hydrogen-bond acceptors (Lipinski definition) is 4. The zero-order valence-corrected chi connectivity index (χ0v) is 35.1. The minimum absolute atomic E-state index is 0.314. The Morgan fingerprint density at radius 2 is 0.720 bits per heavy atom. The Kier molecular flexibility index (Phi) is 49.8. The molecule has 1 N–H and O–H groups in total. The molecule has 0 aliphatic carbocycles. The van der Waals surface area contributed by atoms with Crippen LogP contribution in [0.2, 0.25) is 0 Å². The fourth-order valence-electron chi connectivity index (χ4n) is 7.30. The predicted octanol–water partition coefficient (Wildman–Crippen LogP) is 14.8. The molecular formula is C46H95NO3. The molecule has 0 unspecified atom stereocenters. The molecular weight excluding hydrogens is 615 g/mol. The summed E-state index contributed by atoms with van der Waals surface area (Å²) in [4.78, 5) is 12.3. The first kappa shape index (κ1) is 51.5. The Hall–Kier alpha value is -0.610. The fourth-order valence-corrected chi connectivity index (χ4v) is 7.30. The molecule has 0 atom stereocenters. The molecule has 0 saturated heterocycles. The van der Waals surface area contributed by atoms with E-state index in [1.165, 1.54) is 231 Å². The van der Waals surface area contributed by atoms with Crippen LogP contribution in [0, 0.1) is 5.92 Å². The second kappa shape index (κ2) is 48.4. The standard InChI is InChI=1S/C36H75NO.C10H20O2/c1-4-7-10-13-19-24-29-36(30-25-20-14-11-8-5-2)31-26-21-17-16-18-23-28-33-37(34-35-38)32-27-22-15-12-9-6-3;1-2-3-4-5-6-7-8-9-12-10-11/h36,38H,4-35H2,1-3H3;10H,2-9H2,1H3. The fraction of sp³-hybridized carbons (Fsp3) is 0.978. The predicted molar refractivity (Wildman–Crippen MR) is 223 cm³/mol. The first-order chi connectivity index (χ1) is 24.7. The van der Waals surface area contributed by atoms with Crippen molar-refractivity contribution in [3.8, 4) is 0 Å². The highest BCUT2D eigenvalue weighted by Gasteiger charge is 2.09. The van der Waals surface area contributed by atoms with Crippen molar-refractivity contribution in [1.29, 1.82) is 0 Å². The summed E-state index contributed by atoms with van der Waals surface area (Å²) in [5, 5.41) is 9.41. The van der Waals surface area contributed by atoms with Crippen molar-refractivity contribution in [1.82, 2.24) is 4.90 Å². The normalized spacial score (nSPS) is 11.3. The Morgan fingerprint density at radius 3 is 1.04 bits per heavy atom. The third kappa shape index (κ3) is 45.4. The lowest BCUT2D eigenvalue weighted by atomic mass is 9.89. The van der Waals surface area contributed by atoms with Gasteiger partial charge < -0.3 is 14.7 Å². The van der Waals surface area contributed by atoms with Crippen LogP contribution < -0.4 is 0 Å². The molecule has 0 aromatic carbocycles. The van der Waals surface area contributed by atoms with Crippen molar-refractivity contribution < 1.29 is 14.6 Å². The molecule has 4 nitrogen and oxygen atoms in total. The maximum absolute atomic E-state index is 9.76. The van der Waals surface area contributed by atoms with E-state index in [2.05, 4.69) is 37.3 Å². The Morgan fingerprint density at radius 1 is 0.420 bits per heavy atom. The second-order valence-electron chi connectivity index (χ2n) is 15.7. The largest absolute Gasteiger partial charge is 0.468 e. The van der Waals surface area contributed by atoms with Crippen molar-refractivity contribution in [2.45, 2.75) is 252 Å². The summed E-state index contributed by atoms with van der Waals surface area (Å²) in [5.41, 5.74) is 0. The highest BCUT2D eigenvalue weighted by Crippen LogP contribution is 2.25. The lowest BCUT2D eigenvalue weighted by molar-refractivity contribution is -0.128. The molecule has 0 saturated carbocycles. The van der Waals surface area contributed by atoms with E-state index in [9.17, 15) is 9.90 Å². The lowest BCUT2D eigenvalue weighted by Gasteiger charge is -2.21. The van der Waals surface area contributed by atoms with Gasteiger partial charge in [-0.1, -0.05) is 233 Å². The van der Waals surface area contributed by atoms with E-state index in [0.717, 1.165) is 18.9 Å². The number of carbonyl (C=O) groups excluding carboxylic acids is 1. The van der Waals surface area contributed by atoms with Gasteiger partial charge in [-0.15, -0.1) is 0 Å². The molecule has 50 heavy (non-hydrogen) atoms. The molecule has 0 aliphatic rings. The summed E-state index contributed by atoms with van der Waals surface area (Å²) in [6.07, 6.45) is 48.7. The number of unbranched alkanes of at least 4 members (excludes halogenated alkanes) is 27. The van der Waals surface area contributed by atoms with Crippen LogP contribution >= 0.6 is 0 Å². The van der Waals surface area contributed by atoms with Crippen LogP contribution in [-0.4, -0.2) is 49.3 Å². The molecule has 0 aromatic heterocycles. The average molecular weight is 710 g/mol. The summed E-state index contributed by atoms with van der Waals surface area (Å²) in [6, 6.07) is 0. The van der Waals surface area contributed by atoms with Gasteiger partial charge in [0, 0.05) is 6.54 Å². The number of ether oxygens (including phenoxy) is 1. The highest BCUT2D eigenvalue weighted by atomic mass is 16.5. The first-order valence-electron chi connectivity index (χ1n) is 23.1. The van der Waals surface area contributed by atoms with E-state index in [1.807, 2.05) is 0 Å². The van der Waals surface area contributed by atoms with Gasteiger partial charge in [-0.05, 0) is 38.3 Å². The number of hydrogen-bond donors (Lipinski definition) is 1. The van der Waals surface area contributed by atoms with Gasteiger partial charge in [0.05, 0.1) is 13.2 Å². The minimum atomic E-state index is 0.314. The Labute approximate surface area is 316 Å². The number of rotatable bonds is 42. The molecule has 0 radical (unpaired) electrons. The smallest absolute Gasteiger partial charge is 0.293 e. The Balaban J connectivity index is 0. The van der Waals surface area contributed by atoms with Gasteiger partial charge >= 0.3 is 0 Å². The minimum Gasteiger partial charge on any atom is -0.468 e. The second-order valence-corrected chi connectivity index (χ2v) is 15.7. The molecule has 0 aliphatic heterocycles. The van der Waals surface area contributed by atoms with Crippen molar-refractivity contribution in [2.24, 2.45) is 5.92 Å². The van der Waals surface area contributed by atoms with Crippen molar-refractivity contribution in [3.63, 3.8) is 0 Å². The molecule has 4 heteroatoms. The van der Waals surface area contributed by atoms with Gasteiger partial charge in [-0.3, -0.25) is 4.79 Å². The molecule has 0 spiro atoms. The zero-order chi connectivity index (χ0) is 36.9. The molecule has 0 amide bonds. The van der Waals surface area contributed by atoms with Gasteiger partial charge in [0.25, 0.3) is 6.47 Å². The summed E-state index contributed by atoms with van der Waals surface area (Å²) in [6.45, 7) is 13.8. The molecule has 0 aromatic rings. The van der Waals surface area contributed by atoms with Crippen LogP contribution in [0.3, 0.4) is 0 Å². The summed E-state index contributed by atoms with van der Waals surface area (Å²) < 4.78 is 4.58. The molecule has 0 bridgehead atoms. The van der Waals surface area contributed by atoms with E-state index < -0.39 is 0 Å². The highest BCUT2D eigenvalue weighted by molar-refractivity contribution is 5.36. The SMILES string of the molecule is CCCCCCCCC(CCCCCCCC)CCCCCCCCCN(CCO)CCCCCCCC.CCCCCCCCCOC=O. The van der Waals surface area contributed by atoms with Gasteiger partial charge in [0.1, 0.15) is 0 Å². The maximum Gasteiger partial charge on any atom is 0.293 e. The zero-order valence-electron chi connectivity index (χ0n) is 35.1. The summed E-state index contributed by atoms with van der Waals surface area (Å²) >= 11 is 0. The van der Waals surface area contributed by atoms with Crippen LogP contribution in [-0.2, 0) is 9.53 Å². The summed E-state index contributed by atoms with van der Waals surface area (Å²) in [5.74, 6) is 1.01. The van der Waals surface area contributed by atoms with Crippen molar-refractivity contribution in [3.05, 3.63) is 0 Å². The van der Waals surface area contributed by atoms with E-state index in [0.29, 0.717) is 19.7 Å². The van der Waals surface area contributed by atoms with Crippen LogP contribution in [0.15, 0.2) is 0 Å². The number of nitrogens with zero attached hydrogens (tertiary/aromatic N) is 1. The van der Waals surface area contributed by atoms with Crippen LogP contribution in [0.1, 0.15) is 252 Å². The number of aliphatic hydroxyl groups is 1. The number of carbonyl (C=O) groups is 1. The molecule has 302 valence electrons. The number of aliphatic hydroxyl groups excluding tert-OH is 1. The topological polar surface area (TPSA) is 49.8 Å². The Bertz CT molecular complexity index is 570. The van der Waals surface area contributed by atoms with Crippen LogP contribution in [0.25, 0.3) is 0 Å². The monoisotopic (exact) mass is 710 g/mol. The maximum atomic E-state index is 9.76. The summed E-state index contributed by atoms with van der Waals surface area (Å²) in [7, 11) is 0. The van der Waals surface area contributed by atoms with Crippen LogP contribution in [0.4, 0.5) is 0 Å². The van der Waals surface area contributed by atoms with E-state index in [4.69, 9.17) is 0 Å². The van der Waals surface area contributed by atoms with Crippen LogP contribution in [0.5, 0.6) is 0 Å². The van der Waals surface area contributed by atoms with Gasteiger partial charge in [-0.2, -0.15) is 0 Å². The molecule has 0 heterocycles. The van der Waals surface area contributed by atoms with E-state index in [-0.39, 0.29) is 0 Å². The third-order valence-corrected chi connectivity index (χ3v) is 10.7. The third-order valence-electron chi connectivity index (χ3n) is 10.7. The van der Waals surface area contributed by atoms with Crippen molar-refractivity contribution in [2.75, 3.05) is 32.8 Å².